The highest BCUT2D eigenvalue weighted by Gasteiger charge is 2.22. The van der Waals surface area contributed by atoms with Gasteiger partial charge in [-0.05, 0) is 85.1 Å². The Morgan fingerprint density at radius 3 is 1.97 bits per heavy atom. The predicted octanol–water partition coefficient (Wildman–Crippen LogP) is 9.58. The third-order valence-electron chi connectivity index (χ3n) is 7.70. The normalized spacial score (nSPS) is 18.1. The predicted molar refractivity (Wildman–Crippen MR) is 139 cm³/mol. The van der Waals surface area contributed by atoms with Crippen molar-refractivity contribution in [3.63, 3.8) is 0 Å². The molecule has 0 bridgehead atoms. The van der Waals surface area contributed by atoms with Crippen LogP contribution in [0.3, 0.4) is 0 Å². The van der Waals surface area contributed by atoms with E-state index in [4.69, 9.17) is 0 Å². The summed E-state index contributed by atoms with van der Waals surface area (Å²) in [7, 11) is 0. The van der Waals surface area contributed by atoms with Crippen LogP contribution in [0, 0.1) is 23.4 Å². The highest BCUT2D eigenvalue weighted by Crippen LogP contribution is 2.37. The van der Waals surface area contributed by atoms with Crippen molar-refractivity contribution in [3.05, 3.63) is 94.3 Å². The van der Waals surface area contributed by atoms with Crippen molar-refractivity contribution in [1.29, 1.82) is 0 Å². The molecule has 0 heterocycles. The van der Waals surface area contributed by atoms with Gasteiger partial charge < -0.3 is 0 Å². The van der Waals surface area contributed by atoms with Gasteiger partial charge in [-0.25, -0.2) is 13.2 Å². The van der Waals surface area contributed by atoms with Crippen molar-refractivity contribution in [2.24, 2.45) is 5.92 Å². The molecule has 0 N–H and O–H groups in total. The minimum absolute atomic E-state index is 0.0225. The van der Waals surface area contributed by atoms with E-state index in [1.54, 1.807) is 12.1 Å². The highest BCUT2D eigenvalue weighted by atomic mass is 19.2. The average Bonchev–Trinajstić information content (AvgIpc) is 2.87. The maximum absolute atomic E-state index is 14.9. The van der Waals surface area contributed by atoms with Crippen molar-refractivity contribution < 1.29 is 13.2 Å². The zero-order valence-electron chi connectivity index (χ0n) is 21.1. The molecule has 35 heavy (non-hydrogen) atoms. The minimum Gasteiger partial charge on any atom is -0.206 e. The lowest BCUT2D eigenvalue weighted by Gasteiger charge is -2.28. The molecule has 0 amide bonds. The standard InChI is InChI=1S/C32H37F3/c1-3-5-22-9-14-25(15-10-22)26-16-11-23(12-17-26)7-8-24-13-19-28(30(33)21-24)29-20-18-27(6-4-2)31(34)32(29)35/h11-13,16-22,25H,3-10,14-15H2,1-2H3. The molecule has 0 aromatic heterocycles. The number of hydrogen-bond acceptors (Lipinski definition) is 0. The molecule has 4 rings (SSSR count). The molecule has 1 aliphatic rings. The molecule has 0 spiro atoms. The lowest BCUT2D eigenvalue weighted by Crippen LogP contribution is -2.13. The van der Waals surface area contributed by atoms with E-state index >= 15 is 0 Å². The summed E-state index contributed by atoms with van der Waals surface area (Å²) >= 11 is 0. The first-order valence-electron chi connectivity index (χ1n) is 13.3. The van der Waals surface area contributed by atoms with Crippen LogP contribution in [0.5, 0.6) is 0 Å². The average molecular weight is 479 g/mol. The van der Waals surface area contributed by atoms with Gasteiger partial charge in [0.1, 0.15) is 5.82 Å². The summed E-state index contributed by atoms with van der Waals surface area (Å²) in [5, 5.41) is 0. The zero-order valence-corrected chi connectivity index (χ0v) is 21.1. The Kier molecular flexibility index (Phi) is 8.70. The van der Waals surface area contributed by atoms with Gasteiger partial charge in [-0.3, -0.25) is 0 Å². The zero-order chi connectivity index (χ0) is 24.8. The summed E-state index contributed by atoms with van der Waals surface area (Å²) in [6.45, 7) is 4.19. The molecule has 0 atom stereocenters. The highest BCUT2D eigenvalue weighted by molar-refractivity contribution is 5.66. The Hall–Kier alpha value is -2.55. The van der Waals surface area contributed by atoms with Crippen LogP contribution in [0.4, 0.5) is 13.2 Å². The van der Waals surface area contributed by atoms with E-state index < -0.39 is 17.5 Å². The van der Waals surface area contributed by atoms with Crippen LogP contribution in [-0.4, -0.2) is 0 Å². The largest absolute Gasteiger partial charge is 0.206 e. The van der Waals surface area contributed by atoms with E-state index in [0.717, 1.165) is 24.3 Å². The fourth-order valence-electron chi connectivity index (χ4n) is 5.63. The van der Waals surface area contributed by atoms with Gasteiger partial charge in [0.2, 0.25) is 0 Å². The van der Waals surface area contributed by atoms with Gasteiger partial charge in [0.25, 0.3) is 0 Å². The molecule has 3 heteroatoms. The maximum atomic E-state index is 14.9. The van der Waals surface area contributed by atoms with Gasteiger partial charge in [-0.2, -0.15) is 0 Å². The van der Waals surface area contributed by atoms with Gasteiger partial charge >= 0.3 is 0 Å². The number of aryl methyl sites for hydroxylation is 3. The monoisotopic (exact) mass is 478 g/mol. The molecule has 0 nitrogen and oxygen atoms in total. The minimum atomic E-state index is -0.971. The fourth-order valence-corrected chi connectivity index (χ4v) is 5.63. The smallest absolute Gasteiger partial charge is 0.167 e. The third-order valence-corrected chi connectivity index (χ3v) is 7.70. The molecule has 1 aliphatic carbocycles. The first-order chi connectivity index (χ1) is 17.0. The van der Waals surface area contributed by atoms with E-state index in [1.165, 1.54) is 61.8 Å². The molecule has 3 aromatic rings. The van der Waals surface area contributed by atoms with Crippen LogP contribution in [-0.2, 0) is 19.3 Å². The molecule has 0 unspecified atom stereocenters. The van der Waals surface area contributed by atoms with Gasteiger partial charge in [-0.15, -0.1) is 0 Å². The summed E-state index contributed by atoms with van der Waals surface area (Å²) in [6.07, 6.45) is 10.6. The quantitative estimate of drug-likeness (QED) is 0.287. The van der Waals surface area contributed by atoms with Gasteiger partial charge in [-0.1, -0.05) is 81.6 Å². The summed E-state index contributed by atoms with van der Waals surface area (Å²) in [5.74, 6) is -0.761. The third kappa shape index (κ3) is 6.18. The lowest BCUT2D eigenvalue weighted by molar-refractivity contribution is 0.308. The van der Waals surface area contributed by atoms with E-state index in [9.17, 15) is 13.2 Å². The molecule has 186 valence electrons. The molecule has 0 saturated heterocycles. The van der Waals surface area contributed by atoms with Crippen LogP contribution in [0.2, 0.25) is 0 Å². The Balaban J connectivity index is 1.37. The molecule has 0 aliphatic heterocycles. The lowest BCUT2D eigenvalue weighted by atomic mass is 9.77. The van der Waals surface area contributed by atoms with Crippen LogP contribution < -0.4 is 0 Å². The summed E-state index contributed by atoms with van der Waals surface area (Å²) in [6, 6.07) is 16.8. The Morgan fingerprint density at radius 2 is 1.31 bits per heavy atom. The Bertz CT molecular complexity index is 1110. The second kappa shape index (κ2) is 11.9. The van der Waals surface area contributed by atoms with Gasteiger partial charge in [0, 0.05) is 11.1 Å². The topological polar surface area (TPSA) is 0 Å². The van der Waals surface area contributed by atoms with Crippen molar-refractivity contribution >= 4 is 0 Å². The molecule has 3 aromatic carbocycles. The molecule has 1 saturated carbocycles. The molecule has 0 radical (unpaired) electrons. The van der Waals surface area contributed by atoms with Gasteiger partial charge in [0.05, 0.1) is 0 Å². The van der Waals surface area contributed by atoms with E-state index in [1.807, 2.05) is 13.0 Å². The van der Waals surface area contributed by atoms with Crippen molar-refractivity contribution in [2.75, 3.05) is 0 Å². The number of rotatable bonds is 9. The second-order valence-corrected chi connectivity index (χ2v) is 10.2. The number of hydrogen-bond donors (Lipinski definition) is 0. The first-order valence-corrected chi connectivity index (χ1v) is 13.3. The molecular formula is C32H37F3. The fraction of sp³-hybridized carbons (Fsp3) is 0.438. The summed E-state index contributed by atoms with van der Waals surface area (Å²) < 4.78 is 43.8. The van der Waals surface area contributed by atoms with Crippen molar-refractivity contribution in [2.45, 2.75) is 84.0 Å². The van der Waals surface area contributed by atoms with Gasteiger partial charge in [0.15, 0.2) is 11.6 Å². The van der Waals surface area contributed by atoms with Crippen LogP contribution in [0.25, 0.3) is 11.1 Å². The van der Waals surface area contributed by atoms with E-state index in [2.05, 4.69) is 31.2 Å². The van der Waals surface area contributed by atoms with Crippen LogP contribution >= 0.6 is 0 Å². The Morgan fingerprint density at radius 1 is 0.657 bits per heavy atom. The SMILES string of the molecule is CCCc1ccc(-c2ccc(CCc3ccc(C4CCC(CCC)CC4)cc3)cc2F)c(F)c1F. The van der Waals surface area contributed by atoms with Crippen LogP contribution in [0.1, 0.15) is 87.0 Å². The molecule has 1 fully saturated rings. The molecular weight excluding hydrogens is 441 g/mol. The maximum Gasteiger partial charge on any atom is 0.167 e. The van der Waals surface area contributed by atoms with E-state index in [0.29, 0.717) is 24.3 Å². The summed E-state index contributed by atoms with van der Waals surface area (Å²) in [4.78, 5) is 0. The van der Waals surface area contributed by atoms with Crippen molar-refractivity contribution in [3.8, 4) is 11.1 Å². The van der Waals surface area contributed by atoms with E-state index in [-0.39, 0.29) is 11.1 Å². The Labute approximate surface area is 208 Å². The van der Waals surface area contributed by atoms with Crippen molar-refractivity contribution in [1.82, 2.24) is 0 Å². The number of halogens is 3. The summed E-state index contributed by atoms with van der Waals surface area (Å²) in [5.41, 5.74) is 3.95. The first kappa shape index (κ1) is 25.5. The second-order valence-electron chi connectivity index (χ2n) is 10.2. The van der Waals surface area contributed by atoms with Crippen LogP contribution in [0.15, 0.2) is 54.6 Å². The number of benzene rings is 3.